The fourth-order valence-corrected chi connectivity index (χ4v) is 3.44. The summed E-state index contributed by atoms with van der Waals surface area (Å²) in [6, 6.07) is 17.4. The molecule has 0 spiro atoms. The van der Waals surface area contributed by atoms with E-state index in [2.05, 4.69) is 10.4 Å². The van der Waals surface area contributed by atoms with Gasteiger partial charge in [-0.3, -0.25) is 14.3 Å². The molecule has 1 aliphatic heterocycles. The van der Waals surface area contributed by atoms with Gasteiger partial charge in [0.25, 0.3) is 5.91 Å². The maximum atomic E-state index is 12.5. The molecule has 7 nitrogen and oxygen atoms in total. The van der Waals surface area contributed by atoms with Crippen LogP contribution in [0.15, 0.2) is 67.0 Å². The van der Waals surface area contributed by atoms with Gasteiger partial charge in [-0.1, -0.05) is 36.4 Å². The second kappa shape index (κ2) is 8.82. The number of aromatic nitrogens is 2. The molecule has 4 rings (SSSR count). The highest BCUT2D eigenvalue weighted by Crippen LogP contribution is 2.33. The molecular weight excluding hydrogens is 380 g/mol. The summed E-state index contributed by atoms with van der Waals surface area (Å²) in [7, 11) is 0. The van der Waals surface area contributed by atoms with Crippen molar-refractivity contribution in [2.45, 2.75) is 32.5 Å². The molecule has 2 amide bonds. The summed E-state index contributed by atoms with van der Waals surface area (Å²) in [5, 5.41) is 7.13. The second-order valence-corrected chi connectivity index (χ2v) is 7.26. The molecule has 0 bridgehead atoms. The van der Waals surface area contributed by atoms with Gasteiger partial charge in [0.1, 0.15) is 5.75 Å². The molecule has 1 aliphatic rings. The summed E-state index contributed by atoms with van der Waals surface area (Å²) in [6.45, 7) is 3.21. The van der Waals surface area contributed by atoms with E-state index in [1.807, 2.05) is 65.5 Å². The van der Waals surface area contributed by atoms with Crippen molar-refractivity contribution in [3.63, 3.8) is 0 Å². The van der Waals surface area contributed by atoms with E-state index in [0.717, 1.165) is 11.1 Å². The number of anilines is 1. The highest BCUT2D eigenvalue weighted by atomic mass is 16.5. The van der Waals surface area contributed by atoms with Gasteiger partial charge in [0, 0.05) is 31.9 Å². The Hall–Kier alpha value is -3.61. The summed E-state index contributed by atoms with van der Waals surface area (Å²) in [6.07, 6.45) is 3.35. The van der Waals surface area contributed by atoms with E-state index in [1.165, 1.54) is 0 Å². The van der Waals surface area contributed by atoms with Crippen LogP contribution < -0.4 is 15.0 Å². The summed E-state index contributed by atoms with van der Waals surface area (Å²) in [5.41, 5.74) is 2.88. The van der Waals surface area contributed by atoms with E-state index in [1.54, 1.807) is 18.0 Å². The topological polar surface area (TPSA) is 76.5 Å². The predicted octanol–water partition coefficient (Wildman–Crippen LogP) is 2.75. The number of ether oxygens (including phenoxy) is 1. The SMILES string of the molecule is C[C@@H]1Oc2ccccc2N(CCC(=O)NCc2ccc(Cn3cccn3)cc2)C1=O. The fraction of sp³-hybridized carbons (Fsp3) is 0.261. The first-order chi connectivity index (χ1) is 14.6. The van der Waals surface area contributed by atoms with Gasteiger partial charge in [-0.05, 0) is 36.2 Å². The van der Waals surface area contributed by atoms with Crippen LogP contribution in [0, 0.1) is 0 Å². The molecule has 0 radical (unpaired) electrons. The number of hydrogen-bond acceptors (Lipinski definition) is 4. The molecule has 30 heavy (non-hydrogen) atoms. The van der Waals surface area contributed by atoms with Crippen LogP contribution >= 0.6 is 0 Å². The lowest BCUT2D eigenvalue weighted by atomic mass is 10.1. The average molecular weight is 404 g/mol. The van der Waals surface area contributed by atoms with E-state index in [0.29, 0.717) is 31.1 Å². The van der Waals surface area contributed by atoms with E-state index < -0.39 is 6.10 Å². The lowest BCUT2D eigenvalue weighted by molar-refractivity contribution is -0.125. The molecule has 0 fully saturated rings. The minimum Gasteiger partial charge on any atom is -0.479 e. The van der Waals surface area contributed by atoms with Gasteiger partial charge >= 0.3 is 0 Å². The molecule has 1 aromatic heterocycles. The minimum absolute atomic E-state index is 0.0972. The zero-order valence-electron chi connectivity index (χ0n) is 16.8. The average Bonchev–Trinajstić information content (AvgIpc) is 3.27. The predicted molar refractivity (Wildman–Crippen MR) is 113 cm³/mol. The first-order valence-corrected chi connectivity index (χ1v) is 9.99. The van der Waals surface area contributed by atoms with Crippen LogP contribution in [0.1, 0.15) is 24.5 Å². The third-order valence-electron chi connectivity index (χ3n) is 5.05. The maximum absolute atomic E-state index is 12.5. The van der Waals surface area contributed by atoms with E-state index >= 15 is 0 Å². The summed E-state index contributed by atoms with van der Waals surface area (Å²) in [5.74, 6) is 0.439. The summed E-state index contributed by atoms with van der Waals surface area (Å²) in [4.78, 5) is 26.5. The van der Waals surface area contributed by atoms with Gasteiger partial charge in [-0.25, -0.2) is 0 Å². The first kappa shape index (κ1) is 19.7. The van der Waals surface area contributed by atoms with E-state index in [4.69, 9.17) is 4.74 Å². The zero-order valence-corrected chi connectivity index (χ0v) is 16.8. The van der Waals surface area contributed by atoms with Gasteiger partial charge in [0.15, 0.2) is 6.10 Å². The van der Waals surface area contributed by atoms with Gasteiger partial charge in [0.2, 0.25) is 5.91 Å². The van der Waals surface area contributed by atoms with E-state index in [9.17, 15) is 9.59 Å². The highest BCUT2D eigenvalue weighted by molar-refractivity contribution is 6.00. The van der Waals surface area contributed by atoms with Crippen LogP contribution in [0.4, 0.5) is 5.69 Å². The number of fused-ring (bicyclic) bond motifs is 1. The number of nitrogens with one attached hydrogen (secondary N) is 1. The minimum atomic E-state index is -0.553. The summed E-state index contributed by atoms with van der Waals surface area (Å²) >= 11 is 0. The highest BCUT2D eigenvalue weighted by Gasteiger charge is 2.31. The Labute approximate surface area is 175 Å². The standard InChI is InChI=1S/C23H24N4O3/c1-17-23(29)27(20-5-2-3-6-21(20)30-17)14-11-22(28)24-15-18-7-9-19(10-8-18)16-26-13-4-12-25-26/h2-10,12-13,17H,11,14-16H2,1H3,(H,24,28)/t17-/m0/s1. The molecule has 154 valence electrons. The van der Waals surface area contributed by atoms with Gasteiger partial charge < -0.3 is 15.0 Å². The summed E-state index contributed by atoms with van der Waals surface area (Å²) < 4.78 is 7.50. The first-order valence-electron chi connectivity index (χ1n) is 9.99. The largest absolute Gasteiger partial charge is 0.479 e. The Bertz CT molecular complexity index is 1020. The Morgan fingerprint density at radius 3 is 2.63 bits per heavy atom. The van der Waals surface area contributed by atoms with Crippen molar-refractivity contribution in [2.24, 2.45) is 0 Å². The van der Waals surface area contributed by atoms with Crippen molar-refractivity contribution < 1.29 is 14.3 Å². The molecule has 0 aliphatic carbocycles. The van der Waals surface area contributed by atoms with Crippen LogP contribution in [0.3, 0.4) is 0 Å². The lowest BCUT2D eigenvalue weighted by Gasteiger charge is -2.32. The Kier molecular flexibility index (Phi) is 5.79. The lowest BCUT2D eigenvalue weighted by Crippen LogP contribution is -2.45. The molecule has 1 N–H and O–H groups in total. The van der Waals surface area contributed by atoms with Crippen molar-refractivity contribution in [1.82, 2.24) is 15.1 Å². The molecule has 0 unspecified atom stereocenters. The van der Waals surface area contributed by atoms with Crippen molar-refractivity contribution in [3.8, 4) is 5.75 Å². The Morgan fingerprint density at radius 1 is 1.10 bits per heavy atom. The smallest absolute Gasteiger partial charge is 0.267 e. The third-order valence-corrected chi connectivity index (χ3v) is 5.05. The normalized spacial score (nSPS) is 15.4. The van der Waals surface area contributed by atoms with Crippen LogP contribution in [0.25, 0.3) is 0 Å². The van der Waals surface area contributed by atoms with E-state index in [-0.39, 0.29) is 18.2 Å². The number of nitrogens with zero attached hydrogens (tertiary/aromatic N) is 3. The van der Waals surface area contributed by atoms with Gasteiger partial charge in [-0.15, -0.1) is 0 Å². The number of amides is 2. The number of rotatable bonds is 7. The molecule has 3 aromatic rings. The number of carbonyl (C=O) groups is 2. The number of carbonyl (C=O) groups excluding carboxylic acids is 2. The molecule has 0 saturated heterocycles. The monoisotopic (exact) mass is 404 g/mol. The van der Waals surface area contributed by atoms with Crippen molar-refractivity contribution in [1.29, 1.82) is 0 Å². The van der Waals surface area contributed by atoms with Crippen LogP contribution in [0.5, 0.6) is 5.75 Å². The Morgan fingerprint density at radius 2 is 1.87 bits per heavy atom. The maximum Gasteiger partial charge on any atom is 0.267 e. The molecule has 7 heteroatoms. The van der Waals surface area contributed by atoms with Gasteiger partial charge in [-0.2, -0.15) is 5.10 Å². The number of para-hydroxylation sites is 2. The Balaban J connectivity index is 1.28. The van der Waals surface area contributed by atoms with Crippen LogP contribution in [-0.2, 0) is 22.7 Å². The molecule has 0 saturated carbocycles. The molecule has 2 aromatic carbocycles. The van der Waals surface area contributed by atoms with Crippen LogP contribution in [0.2, 0.25) is 0 Å². The fourth-order valence-electron chi connectivity index (χ4n) is 3.44. The molecule has 2 heterocycles. The van der Waals surface area contributed by atoms with Crippen molar-refractivity contribution in [2.75, 3.05) is 11.4 Å². The second-order valence-electron chi connectivity index (χ2n) is 7.26. The number of benzene rings is 2. The number of hydrogen-bond donors (Lipinski definition) is 1. The molecule has 1 atom stereocenters. The van der Waals surface area contributed by atoms with Crippen molar-refractivity contribution in [3.05, 3.63) is 78.1 Å². The molecular formula is C23H24N4O3. The third kappa shape index (κ3) is 4.51. The quantitative estimate of drug-likeness (QED) is 0.657. The van der Waals surface area contributed by atoms with Crippen molar-refractivity contribution >= 4 is 17.5 Å². The zero-order chi connectivity index (χ0) is 20.9. The van der Waals surface area contributed by atoms with Gasteiger partial charge in [0.05, 0.1) is 12.2 Å². The van der Waals surface area contributed by atoms with Crippen LogP contribution in [-0.4, -0.2) is 34.2 Å².